The standard InChI is InChI=1S/C25H21F3N4O5S/c1-14-7-21-15(13-31(14)38(34,35)30-24-5-6-37-29-24)3-4-25(33)32(21)22-12-20(28)19(11-23(22)36-2)16-8-17(26)10-18(27)9-16/h3-6,8-12,14H,7,13H2,1-2H3,(H,29,30). The fourth-order valence-electron chi connectivity index (χ4n) is 4.54. The average molecular weight is 547 g/mol. The predicted octanol–water partition coefficient (Wildman–Crippen LogP) is 4.02. The van der Waals surface area contributed by atoms with Crippen LogP contribution in [-0.2, 0) is 23.2 Å². The molecular formula is C25H21F3N4O5S. The molecule has 2 aromatic heterocycles. The van der Waals surface area contributed by atoms with Gasteiger partial charge >= 0.3 is 10.2 Å². The molecule has 13 heteroatoms. The van der Waals surface area contributed by atoms with Crippen molar-refractivity contribution >= 4 is 16.0 Å². The van der Waals surface area contributed by atoms with Gasteiger partial charge in [0.25, 0.3) is 5.56 Å². The molecule has 1 aliphatic rings. The first-order valence-corrected chi connectivity index (χ1v) is 12.8. The second kappa shape index (κ2) is 9.65. The van der Waals surface area contributed by atoms with Crippen LogP contribution < -0.4 is 15.0 Å². The molecule has 9 nitrogen and oxygen atoms in total. The van der Waals surface area contributed by atoms with Gasteiger partial charge < -0.3 is 9.26 Å². The molecule has 1 N–H and O–H groups in total. The summed E-state index contributed by atoms with van der Waals surface area (Å²) in [6.07, 6.45) is 1.35. The molecule has 3 heterocycles. The minimum absolute atomic E-state index is 0.0199. The summed E-state index contributed by atoms with van der Waals surface area (Å²) in [5.74, 6) is -2.48. The Labute approximate surface area is 215 Å². The second-order valence-corrected chi connectivity index (χ2v) is 10.4. The van der Waals surface area contributed by atoms with Gasteiger partial charge in [0.1, 0.15) is 29.5 Å². The van der Waals surface area contributed by atoms with Gasteiger partial charge in [0.2, 0.25) is 0 Å². The summed E-state index contributed by atoms with van der Waals surface area (Å²) in [5, 5.41) is 3.57. The molecule has 1 atom stereocenters. The summed E-state index contributed by atoms with van der Waals surface area (Å²) in [4.78, 5) is 13.0. The van der Waals surface area contributed by atoms with E-state index in [9.17, 15) is 22.0 Å². The number of nitrogens with one attached hydrogen (secondary N) is 1. The molecule has 0 radical (unpaired) electrons. The summed E-state index contributed by atoms with van der Waals surface area (Å²) in [6.45, 7) is 1.60. The summed E-state index contributed by atoms with van der Waals surface area (Å²) in [7, 11) is -2.70. The SMILES string of the molecule is COc1cc(-c2cc(F)cc(F)c2)c(F)cc1-n1c2c(ccc1=O)CN(S(=O)(=O)Nc1ccon1)C(C)C2. The Morgan fingerprint density at radius 3 is 2.47 bits per heavy atom. The summed E-state index contributed by atoms with van der Waals surface area (Å²) in [6, 6.07) is 8.50. The highest BCUT2D eigenvalue weighted by Gasteiger charge is 2.34. The first kappa shape index (κ1) is 25.5. The Morgan fingerprint density at radius 1 is 1.08 bits per heavy atom. The normalized spacial score (nSPS) is 15.8. The Kier molecular flexibility index (Phi) is 6.49. The van der Waals surface area contributed by atoms with Crippen LogP contribution in [0.15, 0.2) is 64.1 Å². The van der Waals surface area contributed by atoms with Crippen molar-refractivity contribution in [1.29, 1.82) is 0 Å². The van der Waals surface area contributed by atoms with Gasteiger partial charge in [-0.2, -0.15) is 12.7 Å². The number of rotatable bonds is 6. The average Bonchev–Trinajstić information content (AvgIpc) is 3.35. The number of ether oxygens (including phenoxy) is 1. The van der Waals surface area contributed by atoms with Crippen LogP contribution in [0.2, 0.25) is 0 Å². The Hall–Kier alpha value is -4.10. The number of aromatic nitrogens is 2. The van der Waals surface area contributed by atoms with Crippen molar-refractivity contribution in [2.24, 2.45) is 0 Å². The number of methoxy groups -OCH3 is 1. The Balaban J connectivity index is 1.58. The molecule has 198 valence electrons. The highest BCUT2D eigenvalue weighted by Crippen LogP contribution is 2.35. The van der Waals surface area contributed by atoms with Crippen molar-refractivity contribution in [3.05, 3.63) is 93.9 Å². The topological polar surface area (TPSA) is 107 Å². The molecule has 0 aliphatic carbocycles. The smallest absolute Gasteiger partial charge is 0.303 e. The van der Waals surface area contributed by atoms with Gasteiger partial charge in [-0.05, 0) is 36.2 Å². The monoisotopic (exact) mass is 546 g/mol. The van der Waals surface area contributed by atoms with Crippen molar-refractivity contribution in [3.8, 4) is 22.6 Å². The van der Waals surface area contributed by atoms with E-state index in [1.807, 2.05) is 0 Å². The van der Waals surface area contributed by atoms with Crippen LogP contribution in [0.3, 0.4) is 0 Å². The van der Waals surface area contributed by atoms with Crippen LogP contribution in [0.25, 0.3) is 16.8 Å². The zero-order chi connectivity index (χ0) is 27.2. The molecule has 0 amide bonds. The predicted molar refractivity (Wildman–Crippen MR) is 132 cm³/mol. The highest BCUT2D eigenvalue weighted by molar-refractivity contribution is 7.90. The molecule has 2 aromatic carbocycles. The first-order chi connectivity index (χ1) is 18.1. The molecular weight excluding hydrogens is 525 g/mol. The lowest BCUT2D eigenvalue weighted by atomic mass is 10.00. The Morgan fingerprint density at radius 2 is 1.82 bits per heavy atom. The number of benzene rings is 2. The fraction of sp³-hybridized carbons (Fsp3) is 0.200. The first-order valence-electron chi connectivity index (χ1n) is 11.4. The molecule has 0 fully saturated rings. The number of hydrogen-bond donors (Lipinski definition) is 1. The summed E-state index contributed by atoms with van der Waals surface area (Å²) < 4.78 is 83.8. The number of hydrogen-bond acceptors (Lipinski definition) is 6. The van der Waals surface area contributed by atoms with Crippen molar-refractivity contribution in [2.75, 3.05) is 11.8 Å². The lowest BCUT2D eigenvalue weighted by Crippen LogP contribution is -2.46. The van der Waals surface area contributed by atoms with Crippen LogP contribution in [0, 0.1) is 17.5 Å². The minimum Gasteiger partial charge on any atom is -0.495 e. The van der Waals surface area contributed by atoms with Crippen molar-refractivity contribution in [3.63, 3.8) is 0 Å². The van der Waals surface area contributed by atoms with Crippen molar-refractivity contribution < 1.29 is 30.8 Å². The van der Waals surface area contributed by atoms with Crippen molar-refractivity contribution in [2.45, 2.75) is 25.9 Å². The Bertz CT molecular complexity index is 1670. The molecule has 38 heavy (non-hydrogen) atoms. The maximum absolute atomic E-state index is 15.3. The van der Waals surface area contributed by atoms with Crippen LogP contribution in [0.1, 0.15) is 18.2 Å². The van der Waals surface area contributed by atoms with Gasteiger partial charge in [-0.25, -0.2) is 13.2 Å². The van der Waals surface area contributed by atoms with Crippen LogP contribution in [0.4, 0.5) is 19.0 Å². The molecule has 0 saturated heterocycles. The number of anilines is 1. The van der Waals surface area contributed by atoms with E-state index in [0.717, 1.165) is 18.2 Å². The van der Waals surface area contributed by atoms with E-state index in [4.69, 9.17) is 4.74 Å². The molecule has 4 aromatic rings. The number of pyridine rings is 1. The fourth-order valence-corrected chi connectivity index (χ4v) is 5.89. The van der Waals surface area contributed by atoms with E-state index in [-0.39, 0.29) is 41.3 Å². The molecule has 0 spiro atoms. The van der Waals surface area contributed by atoms with Gasteiger partial charge in [-0.3, -0.25) is 14.1 Å². The third-order valence-corrected chi connectivity index (χ3v) is 7.83. The van der Waals surface area contributed by atoms with E-state index >= 15 is 4.39 Å². The zero-order valence-corrected chi connectivity index (χ0v) is 20.9. The van der Waals surface area contributed by atoms with Crippen LogP contribution >= 0.6 is 0 Å². The lowest BCUT2D eigenvalue weighted by molar-refractivity contribution is 0.305. The van der Waals surface area contributed by atoms with E-state index in [1.54, 1.807) is 6.92 Å². The number of nitrogens with zero attached hydrogens (tertiary/aromatic N) is 3. The van der Waals surface area contributed by atoms with Gasteiger partial charge in [0.05, 0.1) is 12.8 Å². The third-order valence-electron chi connectivity index (χ3n) is 6.26. The van der Waals surface area contributed by atoms with Gasteiger partial charge in [-0.1, -0.05) is 11.2 Å². The van der Waals surface area contributed by atoms with E-state index in [2.05, 4.69) is 14.4 Å². The van der Waals surface area contributed by atoms with Crippen LogP contribution in [0.5, 0.6) is 5.75 Å². The van der Waals surface area contributed by atoms with Crippen LogP contribution in [-0.4, -0.2) is 35.6 Å². The minimum atomic E-state index is -4.02. The number of halogens is 3. The van der Waals surface area contributed by atoms with Gasteiger partial charge in [0.15, 0.2) is 5.82 Å². The van der Waals surface area contributed by atoms with E-state index in [0.29, 0.717) is 17.3 Å². The summed E-state index contributed by atoms with van der Waals surface area (Å²) in [5.41, 5.74) is 0.409. The zero-order valence-electron chi connectivity index (χ0n) is 20.1. The second-order valence-electron chi connectivity index (χ2n) is 8.73. The van der Waals surface area contributed by atoms with E-state index in [1.165, 1.54) is 46.5 Å². The number of fused-ring (bicyclic) bond motifs is 1. The maximum atomic E-state index is 15.3. The highest BCUT2D eigenvalue weighted by atomic mass is 32.2. The third kappa shape index (κ3) is 4.65. The van der Waals surface area contributed by atoms with Gasteiger partial charge in [0, 0.05) is 54.5 Å². The lowest BCUT2D eigenvalue weighted by Gasteiger charge is -2.34. The summed E-state index contributed by atoms with van der Waals surface area (Å²) >= 11 is 0. The quantitative estimate of drug-likeness (QED) is 0.392. The molecule has 5 rings (SSSR count). The van der Waals surface area contributed by atoms with Gasteiger partial charge in [-0.15, -0.1) is 0 Å². The maximum Gasteiger partial charge on any atom is 0.303 e. The molecule has 1 unspecified atom stereocenters. The van der Waals surface area contributed by atoms with E-state index < -0.39 is 39.3 Å². The van der Waals surface area contributed by atoms with Crippen molar-refractivity contribution in [1.82, 2.24) is 14.0 Å². The molecule has 0 saturated carbocycles. The molecule has 0 bridgehead atoms. The molecule has 1 aliphatic heterocycles. The largest absolute Gasteiger partial charge is 0.495 e.